The molecule has 0 aliphatic carbocycles. The highest BCUT2D eigenvalue weighted by Gasteiger charge is 2.21. The van der Waals surface area contributed by atoms with E-state index in [1.54, 1.807) is 6.20 Å². The van der Waals surface area contributed by atoms with Crippen LogP contribution in [0.15, 0.2) is 53.7 Å². The second-order valence-electron chi connectivity index (χ2n) is 7.39. The van der Waals surface area contributed by atoms with Gasteiger partial charge in [0.15, 0.2) is 5.96 Å². The number of benzene rings is 1. The number of anilines is 2. The molecule has 8 nitrogen and oxygen atoms in total. The molecule has 0 atom stereocenters. The zero-order chi connectivity index (χ0) is 21.3. The Kier molecular flexibility index (Phi) is 7.48. The Morgan fingerprint density at radius 3 is 2.53 bits per heavy atom. The number of hydrogen-bond donors (Lipinski definition) is 2. The van der Waals surface area contributed by atoms with Crippen molar-refractivity contribution >= 4 is 23.4 Å². The predicted molar refractivity (Wildman–Crippen MR) is 120 cm³/mol. The summed E-state index contributed by atoms with van der Waals surface area (Å²) in [5.41, 5.74) is 6.76. The minimum Gasteiger partial charge on any atom is -0.491 e. The Balaban J connectivity index is 1.40. The molecule has 30 heavy (non-hydrogen) atoms. The third-order valence-electron chi connectivity index (χ3n) is 4.71. The summed E-state index contributed by atoms with van der Waals surface area (Å²) in [6.45, 7) is 7.28. The second-order valence-corrected chi connectivity index (χ2v) is 7.39. The summed E-state index contributed by atoms with van der Waals surface area (Å²) in [7, 11) is 0. The average Bonchev–Trinajstić information content (AvgIpc) is 2.75. The van der Waals surface area contributed by atoms with Crippen LogP contribution in [0.3, 0.4) is 0 Å². The van der Waals surface area contributed by atoms with E-state index in [1.165, 1.54) is 0 Å². The molecule has 1 saturated heterocycles. The van der Waals surface area contributed by atoms with Crippen molar-refractivity contribution in [3.05, 3.63) is 48.7 Å². The van der Waals surface area contributed by atoms with Gasteiger partial charge in [-0.3, -0.25) is 9.79 Å². The molecule has 2 aromatic rings. The second kappa shape index (κ2) is 10.5. The Labute approximate surface area is 177 Å². The molecule has 1 fully saturated rings. The smallest absolute Gasteiger partial charge is 0.224 e. The Bertz CT molecular complexity index is 830. The van der Waals surface area contributed by atoms with Crippen LogP contribution in [-0.2, 0) is 4.79 Å². The number of amides is 1. The van der Waals surface area contributed by atoms with E-state index >= 15 is 0 Å². The van der Waals surface area contributed by atoms with Crippen LogP contribution in [0.4, 0.5) is 11.5 Å². The molecule has 1 aliphatic heterocycles. The summed E-state index contributed by atoms with van der Waals surface area (Å²) in [5.74, 6) is 2.15. The van der Waals surface area contributed by atoms with Gasteiger partial charge in [-0.05, 0) is 50.2 Å². The van der Waals surface area contributed by atoms with Gasteiger partial charge in [0, 0.05) is 44.5 Å². The number of aromatic nitrogens is 1. The zero-order valence-electron chi connectivity index (χ0n) is 17.6. The molecule has 3 rings (SSSR count). The quantitative estimate of drug-likeness (QED) is 0.537. The van der Waals surface area contributed by atoms with Crippen LogP contribution in [0.5, 0.6) is 5.75 Å². The first-order valence-electron chi connectivity index (χ1n) is 10.3. The fourth-order valence-corrected chi connectivity index (χ4v) is 3.23. The van der Waals surface area contributed by atoms with Crippen molar-refractivity contribution < 1.29 is 9.53 Å². The number of carbonyl (C=O) groups excluding carboxylic acids is 1. The number of nitrogens with zero attached hydrogens (tertiary/aromatic N) is 4. The van der Waals surface area contributed by atoms with Gasteiger partial charge in [-0.25, -0.2) is 4.98 Å². The summed E-state index contributed by atoms with van der Waals surface area (Å²) in [6.07, 6.45) is 2.26. The van der Waals surface area contributed by atoms with E-state index in [1.807, 2.05) is 61.2 Å². The minimum absolute atomic E-state index is 0.0995. The zero-order valence-corrected chi connectivity index (χ0v) is 17.6. The summed E-state index contributed by atoms with van der Waals surface area (Å²) < 4.78 is 5.62. The SMILES string of the molecule is CC(C)Oc1ccc(NC(N)=NCCC(=O)N2CCN(c3ccccn3)CC2)cc1. The highest BCUT2D eigenvalue weighted by molar-refractivity contribution is 5.92. The van der Waals surface area contributed by atoms with E-state index in [2.05, 4.69) is 20.2 Å². The summed E-state index contributed by atoms with van der Waals surface area (Å²) >= 11 is 0. The van der Waals surface area contributed by atoms with Crippen molar-refractivity contribution in [3.63, 3.8) is 0 Å². The van der Waals surface area contributed by atoms with Crippen LogP contribution < -0.4 is 20.7 Å². The number of ether oxygens (including phenoxy) is 1. The monoisotopic (exact) mass is 410 g/mol. The highest BCUT2D eigenvalue weighted by atomic mass is 16.5. The topological polar surface area (TPSA) is 96.1 Å². The third kappa shape index (κ3) is 6.37. The van der Waals surface area contributed by atoms with Crippen molar-refractivity contribution in [2.24, 2.45) is 10.7 Å². The number of aliphatic imine (C=N–C) groups is 1. The summed E-state index contributed by atoms with van der Waals surface area (Å²) in [4.78, 5) is 25.2. The van der Waals surface area contributed by atoms with Crippen LogP contribution >= 0.6 is 0 Å². The molecular formula is C22H30N6O2. The van der Waals surface area contributed by atoms with Crippen molar-refractivity contribution in [2.75, 3.05) is 42.9 Å². The standard InChI is InChI=1S/C22H30N6O2/c1-17(2)30-19-8-6-18(7-9-19)26-22(23)25-12-10-21(29)28-15-13-27(14-16-28)20-5-3-4-11-24-20/h3-9,11,17H,10,12-16H2,1-2H3,(H3,23,25,26). The van der Waals surface area contributed by atoms with E-state index < -0.39 is 0 Å². The highest BCUT2D eigenvalue weighted by Crippen LogP contribution is 2.17. The normalized spacial score (nSPS) is 14.7. The van der Waals surface area contributed by atoms with E-state index in [0.29, 0.717) is 32.0 Å². The van der Waals surface area contributed by atoms with Gasteiger partial charge in [-0.1, -0.05) is 6.07 Å². The number of nitrogens with one attached hydrogen (secondary N) is 1. The molecule has 1 aromatic heterocycles. The summed E-state index contributed by atoms with van der Waals surface area (Å²) in [6, 6.07) is 13.4. The molecule has 0 unspecified atom stereocenters. The number of piperazine rings is 1. The van der Waals surface area contributed by atoms with Crippen LogP contribution in [-0.4, -0.2) is 60.6 Å². The lowest BCUT2D eigenvalue weighted by molar-refractivity contribution is -0.131. The van der Waals surface area contributed by atoms with Gasteiger partial charge in [-0.2, -0.15) is 0 Å². The van der Waals surface area contributed by atoms with Gasteiger partial charge in [0.25, 0.3) is 0 Å². The fourth-order valence-electron chi connectivity index (χ4n) is 3.23. The molecule has 0 spiro atoms. The van der Waals surface area contributed by atoms with E-state index in [0.717, 1.165) is 30.3 Å². The maximum absolute atomic E-state index is 12.5. The van der Waals surface area contributed by atoms with E-state index in [-0.39, 0.29) is 12.0 Å². The number of carbonyl (C=O) groups is 1. The molecule has 3 N–H and O–H groups in total. The molecule has 2 heterocycles. The largest absolute Gasteiger partial charge is 0.491 e. The minimum atomic E-state index is 0.0995. The van der Waals surface area contributed by atoms with Crippen LogP contribution in [0.2, 0.25) is 0 Å². The van der Waals surface area contributed by atoms with Gasteiger partial charge in [-0.15, -0.1) is 0 Å². The number of nitrogens with two attached hydrogens (primary N) is 1. The average molecular weight is 411 g/mol. The molecular weight excluding hydrogens is 380 g/mol. The van der Waals surface area contributed by atoms with Crippen LogP contribution in [0.1, 0.15) is 20.3 Å². The van der Waals surface area contributed by atoms with E-state index in [9.17, 15) is 4.79 Å². The van der Waals surface area contributed by atoms with Crippen molar-refractivity contribution in [1.29, 1.82) is 0 Å². The maximum atomic E-state index is 12.5. The molecule has 8 heteroatoms. The lowest BCUT2D eigenvalue weighted by Crippen LogP contribution is -2.49. The molecule has 1 amide bonds. The molecule has 0 bridgehead atoms. The fraction of sp³-hybridized carbons (Fsp3) is 0.409. The van der Waals surface area contributed by atoms with Crippen molar-refractivity contribution in [1.82, 2.24) is 9.88 Å². The van der Waals surface area contributed by atoms with Crippen LogP contribution in [0.25, 0.3) is 0 Å². The number of hydrogen-bond acceptors (Lipinski definition) is 5. The molecule has 0 radical (unpaired) electrons. The Morgan fingerprint density at radius 1 is 1.17 bits per heavy atom. The number of rotatable bonds is 7. The number of guanidine groups is 1. The predicted octanol–water partition coefficient (Wildman–Crippen LogP) is 2.33. The summed E-state index contributed by atoms with van der Waals surface area (Å²) in [5, 5.41) is 3.03. The van der Waals surface area contributed by atoms with Gasteiger partial charge in [0.1, 0.15) is 11.6 Å². The van der Waals surface area contributed by atoms with Crippen molar-refractivity contribution in [3.8, 4) is 5.75 Å². The third-order valence-corrected chi connectivity index (χ3v) is 4.71. The first kappa shape index (κ1) is 21.4. The van der Waals surface area contributed by atoms with Gasteiger partial charge >= 0.3 is 0 Å². The lowest BCUT2D eigenvalue weighted by atomic mass is 10.2. The van der Waals surface area contributed by atoms with Crippen molar-refractivity contribution in [2.45, 2.75) is 26.4 Å². The Morgan fingerprint density at radius 2 is 1.90 bits per heavy atom. The van der Waals surface area contributed by atoms with E-state index in [4.69, 9.17) is 10.5 Å². The molecule has 1 aliphatic rings. The molecule has 0 saturated carbocycles. The first-order chi connectivity index (χ1) is 14.5. The molecule has 160 valence electrons. The van der Waals surface area contributed by atoms with Crippen LogP contribution in [0, 0.1) is 0 Å². The van der Waals surface area contributed by atoms with Gasteiger partial charge < -0.3 is 25.6 Å². The molecule has 1 aromatic carbocycles. The van der Waals surface area contributed by atoms with Gasteiger partial charge in [0.05, 0.1) is 12.6 Å². The Hall–Kier alpha value is -3.29. The lowest BCUT2D eigenvalue weighted by Gasteiger charge is -2.35. The van der Waals surface area contributed by atoms with Gasteiger partial charge in [0.2, 0.25) is 5.91 Å². The number of pyridine rings is 1. The maximum Gasteiger partial charge on any atom is 0.224 e. The first-order valence-corrected chi connectivity index (χ1v) is 10.3.